The van der Waals surface area contributed by atoms with Gasteiger partial charge in [0.1, 0.15) is 0 Å². The van der Waals surface area contributed by atoms with Crippen molar-refractivity contribution in [2.75, 3.05) is 34.8 Å². The summed E-state index contributed by atoms with van der Waals surface area (Å²) in [5.41, 5.74) is 5.57. The van der Waals surface area contributed by atoms with Crippen LogP contribution in [0.3, 0.4) is 0 Å². The number of pyridine rings is 1. The second kappa shape index (κ2) is 12.0. The number of hydrogen-bond donors (Lipinski definition) is 0. The van der Waals surface area contributed by atoms with Crippen LogP contribution in [-0.2, 0) is 17.8 Å². The lowest BCUT2D eigenvalue weighted by Crippen LogP contribution is -2.14. The molecule has 180 valence electrons. The van der Waals surface area contributed by atoms with E-state index in [2.05, 4.69) is 9.80 Å². The Balaban J connectivity index is 0.00000272. The summed E-state index contributed by atoms with van der Waals surface area (Å²) in [4.78, 5) is 27.2. The summed E-state index contributed by atoms with van der Waals surface area (Å²) in [6, 6.07) is 10.4. The summed E-state index contributed by atoms with van der Waals surface area (Å²) in [7, 11) is 7.98. The minimum absolute atomic E-state index is 0. The summed E-state index contributed by atoms with van der Waals surface area (Å²) in [6.45, 7) is 3.41. The maximum Gasteiger partial charge on any atom is 0.339 e. The van der Waals surface area contributed by atoms with Crippen LogP contribution in [0.15, 0.2) is 42.6 Å². The highest BCUT2D eigenvalue weighted by molar-refractivity contribution is 5.90. The fourth-order valence-corrected chi connectivity index (χ4v) is 3.75. The van der Waals surface area contributed by atoms with Gasteiger partial charge in [-0.2, -0.15) is 0 Å². The summed E-state index contributed by atoms with van der Waals surface area (Å²) in [5, 5.41) is 11.1. The normalized spacial score (nSPS) is 10.8. The molecule has 0 aliphatic rings. The average Bonchev–Trinajstić information content (AvgIpc) is 2.99. The Morgan fingerprint density at radius 3 is 2.12 bits per heavy atom. The van der Waals surface area contributed by atoms with Crippen LogP contribution in [-0.4, -0.2) is 59.9 Å². The van der Waals surface area contributed by atoms with Gasteiger partial charge in [0.05, 0.1) is 22.6 Å². The van der Waals surface area contributed by atoms with Gasteiger partial charge in [-0.1, -0.05) is 0 Å². The monoisotopic (exact) mass is 496 g/mol. The quantitative estimate of drug-likeness (QED) is 0.256. The Kier molecular flexibility index (Phi) is 10.3. The van der Waals surface area contributed by atoms with E-state index in [1.54, 1.807) is 25.1 Å². The van der Waals surface area contributed by atoms with Crippen LogP contribution in [0.4, 0.5) is 5.69 Å². The standard InChI is InChI=1S/C23H28N4O4.2ClH/c1-6-31-23(28)17-9-12-20-19(14-24(2)3)22(21(15-25(4)5)26(20)13-17)16-7-10-18(11-8-16)27(29)30;;/h7-13H,6,14-15H2,1-5H3;2*1H. The first-order chi connectivity index (χ1) is 14.7. The predicted octanol–water partition coefficient (Wildman–Crippen LogP) is 4.66. The molecular weight excluding hydrogens is 467 g/mol. The Bertz CT molecular complexity index is 1110. The number of fused-ring (bicyclic) bond motifs is 1. The predicted molar refractivity (Wildman–Crippen MR) is 135 cm³/mol. The van der Waals surface area contributed by atoms with Gasteiger partial charge in [0.2, 0.25) is 0 Å². The minimum Gasteiger partial charge on any atom is -0.462 e. The summed E-state index contributed by atoms with van der Waals surface area (Å²) in [6.07, 6.45) is 1.82. The van der Waals surface area contributed by atoms with Gasteiger partial charge in [-0.25, -0.2) is 4.79 Å². The SMILES string of the molecule is CCOC(=O)c1ccc2c(CN(C)C)c(-c3ccc([N+](=O)[O-])cc3)c(CN(C)C)n2c1.Cl.Cl. The smallest absolute Gasteiger partial charge is 0.339 e. The number of nitro benzene ring substituents is 1. The first-order valence-corrected chi connectivity index (χ1v) is 10.1. The van der Waals surface area contributed by atoms with Crippen molar-refractivity contribution in [1.82, 2.24) is 14.2 Å². The fraction of sp³-hybridized carbons (Fsp3) is 0.348. The van der Waals surface area contributed by atoms with Crippen molar-refractivity contribution < 1.29 is 14.5 Å². The lowest BCUT2D eigenvalue weighted by atomic mass is 9.99. The van der Waals surface area contributed by atoms with Gasteiger partial charge in [0.25, 0.3) is 5.69 Å². The maximum atomic E-state index is 12.3. The van der Waals surface area contributed by atoms with Crippen molar-refractivity contribution in [2.24, 2.45) is 0 Å². The zero-order valence-electron chi connectivity index (χ0n) is 19.4. The second-order valence-corrected chi connectivity index (χ2v) is 7.97. The van der Waals surface area contributed by atoms with Gasteiger partial charge < -0.3 is 18.9 Å². The highest BCUT2D eigenvalue weighted by atomic mass is 35.5. The van der Waals surface area contributed by atoms with Crippen molar-refractivity contribution in [1.29, 1.82) is 0 Å². The Morgan fingerprint density at radius 2 is 1.61 bits per heavy atom. The number of esters is 1. The molecule has 8 nitrogen and oxygen atoms in total. The Morgan fingerprint density at radius 1 is 1.00 bits per heavy atom. The van der Waals surface area contributed by atoms with Crippen LogP contribution < -0.4 is 0 Å². The number of nitro groups is 1. The van der Waals surface area contributed by atoms with E-state index in [-0.39, 0.29) is 36.5 Å². The Labute approximate surface area is 206 Å². The van der Waals surface area contributed by atoms with E-state index in [1.165, 1.54) is 12.1 Å². The maximum absolute atomic E-state index is 12.3. The highest BCUT2D eigenvalue weighted by Crippen LogP contribution is 2.36. The van der Waals surface area contributed by atoms with Crippen LogP contribution in [0, 0.1) is 10.1 Å². The molecule has 0 amide bonds. The number of carbonyl (C=O) groups is 1. The van der Waals surface area contributed by atoms with Crippen molar-refractivity contribution in [3.8, 4) is 11.1 Å². The molecule has 0 aliphatic heterocycles. The molecule has 0 atom stereocenters. The number of halogens is 2. The molecule has 0 fully saturated rings. The first kappa shape index (κ1) is 28.4. The molecule has 1 aromatic carbocycles. The molecule has 0 N–H and O–H groups in total. The van der Waals surface area contributed by atoms with Crippen molar-refractivity contribution in [3.05, 3.63) is 69.5 Å². The molecule has 0 saturated carbocycles. The summed E-state index contributed by atoms with van der Waals surface area (Å²) >= 11 is 0. The number of carbonyl (C=O) groups excluding carboxylic acids is 1. The molecule has 3 aromatic rings. The van der Waals surface area contributed by atoms with E-state index in [0.29, 0.717) is 25.3 Å². The molecule has 0 bridgehead atoms. The van der Waals surface area contributed by atoms with Crippen LogP contribution in [0.2, 0.25) is 0 Å². The van der Waals surface area contributed by atoms with Crippen molar-refractivity contribution in [3.63, 3.8) is 0 Å². The molecule has 0 saturated heterocycles. The second-order valence-electron chi connectivity index (χ2n) is 7.97. The van der Waals surface area contributed by atoms with Gasteiger partial charge in [-0.05, 0) is 70.5 Å². The number of aromatic nitrogens is 1. The minimum atomic E-state index is -0.396. The summed E-state index contributed by atoms with van der Waals surface area (Å²) < 4.78 is 7.23. The van der Waals surface area contributed by atoms with Gasteiger partial charge in [-0.3, -0.25) is 10.1 Å². The number of hydrogen-bond acceptors (Lipinski definition) is 6. The van der Waals surface area contributed by atoms with Crippen LogP contribution >= 0.6 is 24.8 Å². The lowest BCUT2D eigenvalue weighted by Gasteiger charge is -2.15. The molecule has 10 heteroatoms. The molecule has 0 radical (unpaired) electrons. The topological polar surface area (TPSA) is 80.3 Å². The molecule has 0 spiro atoms. The van der Waals surface area contributed by atoms with E-state index in [0.717, 1.165) is 27.9 Å². The van der Waals surface area contributed by atoms with E-state index in [9.17, 15) is 14.9 Å². The van der Waals surface area contributed by atoms with E-state index in [4.69, 9.17) is 4.74 Å². The third-order valence-corrected chi connectivity index (χ3v) is 4.96. The number of rotatable bonds is 8. The van der Waals surface area contributed by atoms with E-state index < -0.39 is 4.92 Å². The highest BCUT2D eigenvalue weighted by Gasteiger charge is 2.22. The molecular formula is C23H30Cl2N4O4. The van der Waals surface area contributed by atoms with Crippen LogP contribution in [0.5, 0.6) is 0 Å². The first-order valence-electron chi connectivity index (χ1n) is 10.1. The fourth-order valence-electron chi connectivity index (χ4n) is 3.75. The average molecular weight is 497 g/mol. The number of nitrogens with zero attached hydrogens (tertiary/aromatic N) is 4. The molecule has 2 heterocycles. The van der Waals surface area contributed by atoms with Crippen molar-refractivity contribution >= 4 is 42.0 Å². The molecule has 0 unspecified atom stereocenters. The molecule has 3 rings (SSSR count). The van der Waals surface area contributed by atoms with Crippen molar-refractivity contribution in [2.45, 2.75) is 20.0 Å². The van der Waals surface area contributed by atoms with Crippen LogP contribution in [0.1, 0.15) is 28.5 Å². The van der Waals surface area contributed by atoms with Gasteiger partial charge in [0, 0.05) is 42.7 Å². The molecule has 0 aliphatic carbocycles. The van der Waals surface area contributed by atoms with E-state index >= 15 is 0 Å². The lowest BCUT2D eigenvalue weighted by molar-refractivity contribution is -0.384. The van der Waals surface area contributed by atoms with Gasteiger partial charge >= 0.3 is 5.97 Å². The van der Waals surface area contributed by atoms with Crippen LogP contribution in [0.25, 0.3) is 16.6 Å². The number of non-ortho nitro benzene ring substituents is 1. The number of ether oxygens (including phenoxy) is 1. The third-order valence-electron chi connectivity index (χ3n) is 4.96. The molecule has 33 heavy (non-hydrogen) atoms. The zero-order chi connectivity index (χ0) is 22.7. The Hall–Kier alpha value is -2.65. The third kappa shape index (κ3) is 6.23. The number of benzene rings is 1. The zero-order valence-corrected chi connectivity index (χ0v) is 21.0. The summed E-state index contributed by atoms with van der Waals surface area (Å²) in [5.74, 6) is -0.361. The largest absolute Gasteiger partial charge is 0.462 e. The van der Waals surface area contributed by atoms with Gasteiger partial charge in [-0.15, -0.1) is 24.8 Å². The van der Waals surface area contributed by atoms with E-state index in [1.807, 2.05) is 44.9 Å². The molecule has 2 aromatic heterocycles. The van der Waals surface area contributed by atoms with Gasteiger partial charge in [0.15, 0.2) is 0 Å².